The molecule has 35 heavy (non-hydrogen) atoms. The third-order valence-electron chi connectivity index (χ3n) is 6.50. The number of hydrogen-bond donors (Lipinski definition) is 3. The van der Waals surface area contributed by atoms with E-state index in [0.29, 0.717) is 24.1 Å². The van der Waals surface area contributed by atoms with Gasteiger partial charge in [-0.25, -0.2) is 0 Å². The number of nitrogens with zero attached hydrogens (tertiary/aromatic N) is 1. The quantitative estimate of drug-likeness (QED) is 0.231. The van der Waals surface area contributed by atoms with E-state index in [-0.39, 0.29) is 11.5 Å². The first-order valence-electron chi connectivity index (χ1n) is 12.4. The summed E-state index contributed by atoms with van der Waals surface area (Å²) in [5, 5.41) is 14.2. The van der Waals surface area contributed by atoms with Crippen molar-refractivity contribution in [1.82, 2.24) is 5.32 Å². The van der Waals surface area contributed by atoms with Crippen LogP contribution in [-0.2, 0) is 23.4 Å². The SMILES string of the molecule is CC(C)=CCC/C(C)=C/CC/C(C)=C/Cc1c(O)cc2c(c1OS(=O)(=O)O)C[N+]1=C2NCCCC1. The number of rotatable bonds is 10. The minimum Gasteiger partial charge on any atom is -0.507 e. The molecule has 0 saturated carbocycles. The summed E-state index contributed by atoms with van der Waals surface area (Å²) in [5.41, 5.74) is 5.61. The third-order valence-corrected chi connectivity index (χ3v) is 6.87. The smallest absolute Gasteiger partial charge is 0.446 e. The van der Waals surface area contributed by atoms with E-state index in [9.17, 15) is 18.1 Å². The van der Waals surface area contributed by atoms with Crippen LogP contribution in [-0.4, -0.2) is 41.6 Å². The Kier molecular flexibility index (Phi) is 9.19. The summed E-state index contributed by atoms with van der Waals surface area (Å²) >= 11 is 0. The first kappa shape index (κ1) is 27.0. The largest absolute Gasteiger partial charge is 0.507 e. The molecule has 0 spiro atoms. The van der Waals surface area contributed by atoms with E-state index >= 15 is 0 Å². The number of phenols is 1. The van der Waals surface area contributed by atoms with Crippen LogP contribution in [0.4, 0.5) is 0 Å². The van der Waals surface area contributed by atoms with Gasteiger partial charge in [0.25, 0.3) is 5.84 Å². The summed E-state index contributed by atoms with van der Waals surface area (Å²) in [4.78, 5) is 0. The van der Waals surface area contributed by atoms with E-state index in [4.69, 9.17) is 4.18 Å². The number of fused-ring (bicyclic) bond motifs is 2. The van der Waals surface area contributed by atoms with Gasteiger partial charge in [0.05, 0.1) is 24.2 Å². The van der Waals surface area contributed by atoms with Crippen molar-refractivity contribution in [2.24, 2.45) is 0 Å². The van der Waals surface area contributed by atoms with Gasteiger partial charge >= 0.3 is 10.4 Å². The normalized spacial score (nSPS) is 16.4. The van der Waals surface area contributed by atoms with Gasteiger partial charge in [-0.1, -0.05) is 34.9 Å². The van der Waals surface area contributed by atoms with Crippen molar-refractivity contribution >= 4 is 16.2 Å². The Morgan fingerprint density at radius 2 is 1.77 bits per heavy atom. The Morgan fingerprint density at radius 1 is 1.09 bits per heavy atom. The zero-order valence-corrected chi connectivity index (χ0v) is 22.2. The summed E-state index contributed by atoms with van der Waals surface area (Å²) in [6.45, 7) is 10.5. The van der Waals surface area contributed by atoms with Crippen molar-refractivity contribution in [3.8, 4) is 11.5 Å². The monoisotopic (exact) mass is 503 g/mol. The third kappa shape index (κ3) is 7.70. The summed E-state index contributed by atoms with van der Waals surface area (Å²) < 4.78 is 40.0. The van der Waals surface area contributed by atoms with E-state index in [1.54, 1.807) is 6.07 Å². The standard InChI is InChI=1S/C27H38N2O5S/c1-19(2)9-7-10-20(3)11-8-12-21(4)13-14-22-25(30)17-23-24(26(22)34-35(31,32)33)18-29-16-6-5-15-28-27(23)29/h9,11,13,17H,5-8,10,12,14-16,18H2,1-4H3,(H2,30,31,32,33)/p+1/b20-11+,21-13+. The fraction of sp³-hybridized carbons (Fsp3) is 0.519. The average molecular weight is 504 g/mol. The molecule has 0 aromatic heterocycles. The zero-order chi connectivity index (χ0) is 25.6. The Hall–Kier alpha value is -2.58. The molecule has 0 radical (unpaired) electrons. The Bertz CT molecular complexity index is 1170. The van der Waals surface area contributed by atoms with Crippen LogP contribution in [0.3, 0.4) is 0 Å². The molecule has 2 heterocycles. The summed E-state index contributed by atoms with van der Waals surface area (Å²) in [7, 11) is -4.75. The van der Waals surface area contributed by atoms with Crippen LogP contribution in [0.1, 0.15) is 82.9 Å². The lowest BCUT2D eigenvalue weighted by atomic mass is 9.98. The molecule has 7 nitrogen and oxygen atoms in total. The highest BCUT2D eigenvalue weighted by Crippen LogP contribution is 2.39. The molecule has 0 atom stereocenters. The van der Waals surface area contributed by atoms with Gasteiger partial charge in [-0.2, -0.15) is 8.42 Å². The molecule has 0 amide bonds. The fourth-order valence-electron chi connectivity index (χ4n) is 4.59. The van der Waals surface area contributed by atoms with Gasteiger partial charge < -0.3 is 9.29 Å². The molecule has 3 rings (SSSR count). The Labute approximate surface area is 209 Å². The molecule has 3 N–H and O–H groups in total. The number of amidine groups is 1. The van der Waals surface area contributed by atoms with Crippen molar-refractivity contribution in [3.05, 3.63) is 57.7 Å². The van der Waals surface area contributed by atoms with Gasteiger partial charge in [0, 0.05) is 5.56 Å². The van der Waals surface area contributed by atoms with Gasteiger partial charge in [0.1, 0.15) is 12.3 Å². The average Bonchev–Trinajstić information content (AvgIpc) is 2.93. The summed E-state index contributed by atoms with van der Waals surface area (Å²) in [5.74, 6) is 0.865. The molecule has 2 aliphatic heterocycles. The van der Waals surface area contributed by atoms with Crippen LogP contribution in [0.2, 0.25) is 0 Å². The molecular weight excluding hydrogens is 464 g/mol. The maximum Gasteiger partial charge on any atom is 0.446 e. The number of aromatic hydroxyl groups is 1. The predicted octanol–water partition coefficient (Wildman–Crippen LogP) is 5.19. The van der Waals surface area contributed by atoms with Gasteiger partial charge in [0.15, 0.2) is 5.75 Å². The van der Waals surface area contributed by atoms with Crippen LogP contribution in [0.5, 0.6) is 11.5 Å². The van der Waals surface area contributed by atoms with Gasteiger partial charge in [-0.15, -0.1) is 0 Å². The summed E-state index contributed by atoms with van der Waals surface area (Å²) in [6.07, 6.45) is 12.8. The molecule has 8 heteroatoms. The first-order chi connectivity index (χ1) is 16.5. The number of hydrogen-bond acceptors (Lipinski definition) is 5. The van der Waals surface area contributed by atoms with Gasteiger partial charge in [-0.3, -0.25) is 14.4 Å². The van der Waals surface area contributed by atoms with Crippen LogP contribution in [0.15, 0.2) is 41.0 Å². The highest BCUT2D eigenvalue weighted by atomic mass is 32.3. The van der Waals surface area contributed by atoms with Crippen molar-refractivity contribution in [3.63, 3.8) is 0 Å². The molecule has 0 aliphatic carbocycles. The zero-order valence-electron chi connectivity index (χ0n) is 21.4. The van der Waals surface area contributed by atoms with Crippen LogP contribution in [0, 0.1) is 0 Å². The highest BCUT2D eigenvalue weighted by Gasteiger charge is 2.35. The second-order valence-electron chi connectivity index (χ2n) is 9.81. The van der Waals surface area contributed by atoms with Gasteiger partial charge in [-0.05, 0) is 78.7 Å². The molecule has 0 bridgehead atoms. The molecule has 192 valence electrons. The second-order valence-corrected chi connectivity index (χ2v) is 10.8. The van der Waals surface area contributed by atoms with E-state index in [1.807, 2.05) is 13.0 Å². The Morgan fingerprint density at radius 3 is 2.46 bits per heavy atom. The molecule has 1 aromatic rings. The number of benzene rings is 1. The number of phenolic OH excluding ortho intramolecular Hbond substituents is 1. The van der Waals surface area contributed by atoms with Gasteiger partial charge in [0.2, 0.25) is 0 Å². The predicted molar refractivity (Wildman–Crippen MR) is 140 cm³/mol. The summed E-state index contributed by atoms with van der Waals surface area (Å²) in [6, 6.07) is 1.68. The molecule has 0 fully saturated rings. The number of allylic oxidation sites excluding steroid dienone is 6. The Balaban J connectivity index is 1.77. The van der Waals surface area contributed by atoms with E-state index in [2.05, 4.69) is 42.8 Å². The molecule has 0 saturated heterocycles. The first-order valence-corrected chi connectivity index (χ1v) is 13.8. The lowest BCUT2D eigenvalue weighted by Gasteiger charge is -2.14. The fourth-order valence-corrected chi connectivity index (χ4v) is 5.00. The van der Waals surface area contributed by atoms with Crippen molar-refractivity contribution in [2.75, 3.05) is 13.1 Å². The minimum absolute atomic E-state index is 0.0314. The van der Waals surface area contributed by atoms with Crippen LogP contribution < -0.4 is 9.50 Å². The van der Waals surface area contributed by atoms with Crippen LogP contribution >= 0.6 is 0 Å². The maximum absolute atomic E-state index is 11.7. The maximum atomic E-state index is 11.7. The van der Waals surface area contributed by atoms with E-state index in [1.165, 1.54) is 11.1 Å². The van der Waals surface area contributed by atoms with Crippen molar-refractivity contribution in [1.29, 1.82) is 0 Å². The minimum atomic E-state index is -4.75. The lowest BCUT2D eigenvalue weighted by Crippen LogP contribution is -2.28. The second kappa shape index (κ2) is 11.9. The van der Waals surface area contributed by atoms with Crippen molar-refractivity contribution in [2.45, 2.75) is 79.2 Å². The number of nitrogens with one attached hydrogen (secondary N) is 1. The van der Waals surface area contributed by atoms with Crippen molar-refractivity contribution < 1.29 is 26.8 Å². The molecule has 0 unspecified atom stereocenters. The molecule has 1 aromatic carbocycles. The highest BCUT2D eigenvalue weighted by molar-refractivity contribution is 7.81. The molecular formula is C27H39N2O5S+. The lowest BCUT2D eigenvalue weighted by molar-refractivity contribution is -0.540. The van der Waals surface area contributed by atoms with Crippen LogP contribution in [0.25, 0.3) is 0 Å². The van der Waals surface area contributed by atoms with E-state index < -0.39 is 10.4 Å². The van der Waals surface area contributed by atoms with E-state index in [0.717, 1.165) is 68.6 Å². The topological polar surface area (TPSA) is 98.9 Å². The molecule has 2 aliphatic rings.